The van der Waals surface area contributed by atoms with E-state index < -0.39 is 12.1 Å². The smallest absolute Gasteiger partial charge is 0.305 e. The second-order valence-corrected chi connectivity index (χ2v) is 21.4. The van der Waals surface area contributed by atoms with Crippen molar-refractivity contribution < 1.29 is 24.5 Å². The predicted molar refractivity (Wildman–Crippen MR) is 297 cm³/mol. The van der Waals surface area contributed by atoms with E-state index >= 15 is 0 Å². The van der Waals surface area contributed by atoms with Crippen LogP contribution in [0.4, 0.5) is 0 Å². The standard InChI is InChI=1S/C62H121NO5/c1-3-5-7-9-11-13-15-17-32-36-40-44-48-52-56-62(67)68-57-53-49-45-41-37-33-30-28-26-24-22-20-18-19-21-23-25-27-29-31-35-39-43-47-51-55-61(66)63-59(58-64)60(65)54-50-46-42-38-34-16-14-12-10-8-6-4-2/h15,17,59-60,64-65H,3-14,16,18-58H2,1-2H3,(H,63,66)/b17-15-. The van der Waals surface area contributed by atoms with Gasteiger partial charge in [0.15, 0.2) is 0 Å². The van der Waals surface area contributed by atoms with Gasteiger partial charge in [0, 0.05) is 12.8 Å². The Kier molecular flexibility index (Phi) is 57.0. The van der Waals surface area contributed by atoms with E-state index in [4.69, 9.17) is 4.74 Å². The molecule has 0 saturated carbocycles. The summed E-state index contributed by atoms with van der Waals surface area (Å²) >= 11 is 0. The van der Waals surface area contributed by atoms with Crippen molar-refractivity contribution in [1.29, 1.82) is 0 Å². The summed E-state index contributed by atoms with van der Waals surface area (Å²) in [5, 5.41) is 23.2. The van der Waals surface area contributed by atoms with Crippen molar-refractivity contribution in [3.05, 3.63) is 12.2 Å². The molecule has 0 spiro atoms. The number of rotatable bonds is 58. The van der Waals surface area contributed by atoms with Crippen LogP contribution in [-0.2, 0) is 14.3 Å². The van der Waals surface area contributed by atoms with Crippen molar-refractivity contribution in [2.24, 2.45) is 0 Å². The van der Waals surface area contributed by atoms with Gasteiger partial charge in [-0.2, -0.15) is 0 Å². The monoisotopic (exact) mass is 960 g/mol. The molecule has 0 aliphatic heterocycles. The molecule has 0 aliphatic carbocycles. The Morgan fingerprint density at radius 2 is 0.691 bits per heavy atom. The fourth-order valence-electron chi connectivity index (χ4n) is 9.81. The van der Waals surface area contributed by atoms with E-state index in [9.17, 15) is 19.8 Å². The quantitative estimate of drug-likeness (QED) is 0.0321. The Balaban J connectivity index is 3.34. The van der Waals surface area contributed by atoms with Gasteiger partial charge in [-0.05, 0) is 51.4 Å². The molecule has 1 amide bonds. The second kappa shape index (κ2) is 58.2. The lowest BCUT2D eigenvalue weighted by Crippen LogP contribution is -2.45. The van der Waals surface area contributed by atoms with E-state index in [1.807, 2.05) is 0 Å². The lowest BCUT2D eigenvalue weighted by Gasteiger charge is -2.22. The topological polar surface area (TPSA) is 95.9 Å². The fraction of sp³-hybridized carbons (Fsp3) is 0.935. The van der Waals surface area contributed by atoms with Crippen molar-refractivity contribution in [3.63, 3.8) is 0 Å². The first-order chi connectivity index (χ1) is 33.5. The molecule has 3 N–H and O–H groups in total. The number of aliphatic hydroxyl groups is 2. The number of aliphatic hydroxyl groups excluding tert-OH is 2. The number of allylic oxidation sites excluding steroid dienone is 2. The molecule has 0 heterocycles. The molecule has 0 aromatic rings. The minimum absolute atomic E-state index is 0.00835. The van der Waals surface area contributed by atoms with E-state index in [0.29, 0.717) is 25.9 Å². The van der Waals surface area contributed by atoms with Crippen LogP contribution >= 0.6 is 0 Å². The normalized spacial score (nSPS) is 12.6. The van der Waals surface area contributed by atoms with E-state index in [-0.39, 0.29) is 18.5 Å². The maximum absolute atomic E-state index is 12.5. The SMILES string of the molecule is CCCCCCC/C=C\CCCCCCCC(=O)OCCCCCCCCCCCCCCCCCCCCCCCCCCCC(=O)NC(CO)C(O)CCCCCCCCCCCCCC. The number of amides is 1. The highest BCUT2D eigenvalue weighted by Gasteiger charge is 2.20. The van der Waals surface area contributed by atoms with E-state index in [0.717, 1.165) is 44.9 Å². The lowest BCUT2D eigenvalue weighted by atomic mass is 10.0. The van der Waals surface area contributed by atoms with Crippen molar-refractivity contribution in [3.8, 4) is 0 Å². The van der Waals surface area contributed by atoms with Crippen molar-refractivity contribution in [1.82, 2.24) is 5.32 Å². The first-order valence-corrected chi connectivity index (χ1v) is 30.9. The maximum atomic E-state index is 12.5. The summed E-state index contributed by atoms with van der Waals surface area (Å²) in [6.07, 6.45) is 69.4. The van der Waals surface area contributed by atoms with Crippen LogP contribution in [-0.4, -0.2) is 47.4 Å². The van der Waals surface area contributed by atoms with Gasteiger partial charge in [-0.3, -0.25) is 9.59 Å². The third-order valence-electron chi connectivity index (χ3n) is 14.6. The average Bonchev–Trinajstić information content (AvgIpc) is 3.34. The molecule has 6 nitrogen and oxygen atoms in total. The van der Waals surface area contributed by atoms with Crippen LogP contribution in [0.1, 0.15) is 348 Å². The molecule has 404 valence electrons. The molecule has 0 saturated heterocycles. The van der Waals surface area contributed by atoms with Crippen molar-refractivity contribution >= 4 is 11.9 Å². The first kappa shape index (κ1) is 66.6. The number of esters is 1. The Labute approximate surface area is 425 Å². The first-order valence-electron chi connectivity index (χ1n) is 30.9. The zero-order chi connectivity index (χ0) is 49.3. The summed E-state index contributed by atoms with van der Waals surface area (Å²) < 4.78 is 5.48. The maximum Gasteiger partial charge on any atom is 0.305 e. The molecule has 2 unspecified atom stereocenters. The zero-order valence-corrected chi connectivity index (χ0v) is 46.1. The lowest BCUT2D eigenvalue weighted by molar-refractivity contribution is -0.143. The molecule has 6 heteroatoms. The minimum Gasteiger partial charge on any atom is -0.466 e. The molecule has 0 fully saturated rings. The average molecular weight is 961 g/mol. The predicted octanol–water partition coefficient (Wildman–Crippen LogP) is 19.2. The molecule has 0 radical (unpaired) electrons. The highest BCUT2D eigenvalue weighted by atomic mass is 16.5. The molecule has 2 atom stereocenters. The summed E-state index contributed by atoms with van der Waals surface area (Å²) in [5.41, 5.74) is 0. The van der Waals surface area contributed by atoms with Gasteiger partial charge in [0.1, 0.15) is 0 Å². The highest BCUT2D eigenvalue weighted by Crippen LogP contribution is 2.18. The highest BCUT2D eigenvalue weighted by molar-refractivity contribution is 5.76. The van der Waals surface area contributed by atoms with Gasteiger partial charge in [0.05, 0.1) is 25.4 Å². The molecule has 0 bridgehead atoms. The van der Waals surface area contributed by atoms with Gasteiger partial charge >= 0.3 is 5.97 Å². The largest absolute Gasteiger partial charge is 0.466 e. The van der Waals surface area contributed by atoms with Gasteiger partial charge in [-0.25, -0.2) is 0 Å². The zero-order valence-electron chi connectivity index (χ0n) is 46.1. The van der Waals surface area contributed by atoms with Crippen LogP contribution in [0.25, 0.3) is 0 Å². The van der Waals surface area contributed by atoms with Gasteiger partial charge in [-0.1, -0.05) is 296 Å². The van der Waals surface area contributed by atoms with Gasteiger partial charge in [-0.15, -0.1) is 0 Å². The molecule has 0 rings (SSSR count). The summed E-state index contributed by atoms with van der Waals surface area (Å²) in [6.45, 7) is 4.96. The summed E-state index contributed by atoms with van der Waals surface area (Å²) in [5.74, 6) is -0.0238. The van der Waals surface area contributed by atoms with Gasteiger partial charge in [0.2, 0.25) is 5.91 Å². The van der Waals surface area contributed by atoms with Crippen LogP contribution in [0.2, 0.25) is 0 Å². The number of unbranched alkanes of at least 4 members (excludes halogenated alkanes) is 45. The third-order valence-corrected chi connectivity index (χ3v) is 14.6. The molecular weight excluding hydrogens is 839 g/mol. The number of carbonyl (C=O) groups excluding carboxylic acids is 2. The van der Waals surface area contributed by atoms with E-state index in [1.54, 1.807) is 0 Å². The van der Waals surface area contributed by atoms with Crippen LogP contribution in [0, 0.1) is 0 Å². The molecular formula is C62H121NO5. The van der Waals surface area contributed by atoms with Gasteiger partial charge < -0.3 is 20.3 Å². The number of nitrogens with one attached hydrogen (secondary N) is 1. The van der Waals surface area contributed by atoms with Gasteiger partial charge in [0.25, 0.3) is 0 Å². The molecule has 0 aromatic carbocycles. The van der Waals surface area contributed by atoms with E-state index in [2.05, 4.69) is 31.3 Å². The number of hydrogen-bond donors (Lipinski definition) is 3. The third kappa shape index (κ3) is 53.9. The number of carbonyl (C=O) groups is 2. The Hall–Kier alpha value is -1.40. The van der Waals surface area contributed by atoms with Crippen molar-refractivity contribution in [2.45, 2.75) is 360 Å². The van der Waals surface area contributed by atoms with Crippen LogP contribution < -0.4 is 5.32 Å². The molecule has 0 aliphatic rings. The molecule has 0 aromatic heterocycles. The fourth-order valence-corrected chi connectivity index (χ4v) is 9.81. The van der Waals surface area contributed by atoms with E-state index in [1.165, 1.54) is 270 Å². The Morgan fingerprint density at radius 1 is 0.397 bits per heavy atom. The number of ether oxygens (including phenoxy) is 1. The Bertz CT molecular complexity index is 1020. The second-order valence-electron chi connectivity index (χ2n) is 21.4. The minimum atomic E-state index is -0.661. The summed E-state index contributed by atoms with van der Waals surface area (Å²) in [4.78, 5) is 24.5. The van der Waals surface area contributed by atoms with Crippen LogP contribution in [0.15, 0.2) is 12.2 Å². The summed E-state index contributed by atoms with van der Waals surface area (Å²) in [6, 6.07) is -0.538. The molecule has 68 heavy (non-hydrogen) atoms. The Morgan fingerprint density at radius 3 is 1.04 bits per heavy atom. The van der Waals surface area contributed by atoms with Crippen molar-refractivity contribution in [2.75, 3.05) is 13.2 Å². The number of hydrogen-bond acceptors (Lipinski definition) is 5. The summed E-state index contributed by atoms with van der Waals surface area (Å²) in [7, 11) is 0. The van der Waals surface area contributed by atoms with Crippen LogP contribution in [0.5, 0.6) is 0 Å². The van der Waals surface area contributed by atoms with Crippen LogP contribution in [0.3, 0.4) is 0 Å².